The highest BCUT2D eigenvalue weighted by Gasteiger charge is 2.12. The van der Waals surface area contributed by atoms with Gasteiger partial charge in [0.15, 0.2) is 0 Å². The Kier molecular flexibility index (Phi) is 3.32. The van der Waals surface area contributed by atoms with Crippen LogP contribution in [0.25, 0.3) is 22.4 Å². The molecule has 0 saturated carbocycles. The molecule has 0 bridgehead atoms. The molecule has 0 atom stereocenters. The van der Waals surface area contributed by atoms with E-state index in [1.54, 1.807) is 22.8 Å². The maximum absolute atomic E-state index is 12.8. The molecule has 0 radical (unpaired) electrons. The van der Waals surface area contributed by atoms with Gasteiger partial charge in [-0.05, 0) is 24.5 Å². The van der Waals surface area contributed by atoms with Crippen LogP contribution >= 0.6 is 23.4 Å². The minimum atomic E-state index is -0.203. The fourth-order valence-corrected chi connectivity index (χ4v) is 2.99. The summed E-state index contributed by atoms with van der Waals surface area (Å²) in [4.78, 5) is 21.3. The Hall–Kier alpha value is -2.38. The molecule has 114 valence electrons. The third-order valence-corrected chi connectivity index (χ3v) is 4.37. The van der Waals surface area contributed by atoms with E-state index in [1.165, 1.54) is 22.5 Å². The molecule has 0 fully saturated rings. The SMILES string of the molecule is CSc1nc2ncc3c(=O)n(-c4ccccc4Cl)ccc3n2n1. The number of aromatic nitrogens is 5. The largest absolute Gasteiger partial charge is 0.282 e. The van der Waals surface area contributed by atoms with Gasteiger partial charge in [-0.2, -0.15) is 9.50 Å². The highest BCUT2D eigenvalue weighted by molar-refractivity contribution is 7.98. The normalized spacial score (nSPS) is 11.4. The molecule has 0 spiro atoms. The van der Waals surface area contributed by atoms with Gasteiger partial charge in [-0.1, -0.05) is 35.5 Å². The molecule has 4 rings (SSSR count). The Balaban J connectivity index is 2.04. The van der Waals surface area contributed by atoms with E-state index < -0.39 is 0 Å². The van der Waals surface area contributed by atoms with Crippen LogP contribution in [0.3, 0.4) is 0 Å². The second-order valence-electron chi connectivity index (χ2n) is 4.81. The smallest absolute Gasteiger partial charge is 0.266 e. The summed E-state index contributed by atoms with van der Waals surface area (Å²) in [5.74, 6) is 0.469. The van der Waals surface area contributed by atoms with Crippen molar-refractivity contribution in [1.82, 2.24) is 24.1 Å². The van der Waals surface area contributed by atoms with Crippen molar-refractivity contribution in [3.8, 4) is 5.69 Å². The van der Waals surface area contributed by atoms with E-state index >= 15 is 0 Å². The summed E-state index contributed by atoms with van der Waals surface area (Å²) in [5, 5.41) is 5.93. The number of nitrogens with zero attached hydrogens (tertiary/aromatic N) is 5. The highest BCUT2D eigenvalue weighted by Crippen LogP contribution is 2.20. The van der Waals surface area contributed by atoms with Gasteiger partial charge in [0.2, 0.25) is 5.16 Å². The molecule has 3 heterocycles. The van der Waals surface area contributed by atoms with Crippen LogP contribution in [0, 0.1) is 0 Å². The molecule has 0 aliphatic heterocycles. The summed E-state index contributed by atoms with van der Waals surface area (Å²) in [6.45, 7) is 0. The molecule has 0 unspecified atom stereocenters. The van der Waals surface area contributed by atoms with Gasteiger partial charge in [0.05, 0.1) is 21.6 Å². The first-order chi connectivity index (χ1) is 11.2. The minimum absolute atomic E-state index is 0.203. The number of benzene rings is 1. The van der Waals surface area contributed by atoms with E-state index in [1.807, 2.05) is 24.5 Å². The molecule has 3 aromatic heterocycles. The van der Waals surface area contributed by atoms with Crippen LogP contribution in [0.4, 0.5) is 0 Å². The second kappa shape index (κ2) is 5.36. The van der Waals surface area contributed by atoms with Gasteiger partial charge in [0.1, 0.15) is 0 Å². The topological polar surface area (TPSA) is 65.1 Å². The summed E-state index contributed by atoms with van der Waals surface area (Å²) < 4.78 is 3.09. The van der Waals surface area contributed by atoms with Crippen LogP contribution < -0.4 is 5.56 Å². The van der Waals surface area contributed by atoms with E-state index in [4.69, 9.17) is 11.6 Å². The Bertz CT molecular complexity index is 1100. The third-order valence-electron chi connectivity index (χ3n) is 3.51. The lowest BCUT2D eigenvalue weighted by Crippen LogP contribution is -2.19. The van der Waals surface area contributed by atoms with E-state index in [0.29, 0.717) is 32.5 Å². The molecule has 0 N–H and O–H groups in total. The molecule has 6 nitrogen and oxygen atoms in total. The van der Waals surface area contributed by atoms with Gasteiger partial charge in [0.25, 0.3) is 11.3 Å². The molecule has 23 heavy (non-hydrogen) atoms. The number of halogens is 1. The predicted octanol–water partition coefficient (Wildman–Crippen LogP) is 2.80. The lowest BCUT2D eigenvalue weighted by molar-refractivity contribution is 0.904. The number of pyridine rings is 1. The van der Waals surface area contributed by atoms with Crippen molar-refractivity contribution < 1.29 is 0 Å². The summed E-state index contributed by atoms with van der Waals surface area (Å²) in [7, 11) is 0. The lowest BCUT2D eigenvalue weighted by Gasteiger charge is -2.09. The monoisotopic (exact) mass is 343 g/mol. The van der Waals surface area contributed by atoms with E-state index in [9.17, 15) is 4.79 Å². The second-order valence-corrected chi connectivity index (χ2v) is 5.99. The number of para-hydroxylation sites is 1. The first-order valence-corrected chi connectivity index (χ1v) is 8.35. The van der Waals surface area contributed by atoms with Crippen LogP contribution in [0.5, 0.6) is 0 Å². The van der Waals surface area contributed by atoms with Crippen LogP contribution in [0.2, 0.25) is 5.02 Å². The molecule has 8 heteroatoms. The number of fused-ring (bicyclic) bond motifs is 3. The maximum Gasteiger partial charge on any atom is 0.266 e. The molecule has 0 saturated heterocycles. The molecular formula is C15H10ClN5OS. The fourth-order valence-electron chi connectivity index (χ4n) is 2.42. The number of rotatable bonds is 2. The Morgan fingerprint density at radius 2 is 2.04 bits per heavy atom. The van der Waals surface area contributed by atoms with Gasteiger partial charge in [-0.3, -0.25) is 9.36 Å². The summed E-state index contributed by atoms with van der Waals surface area (Å²) in [6.07, 6.45) is 5.10. The standard InChI is InChI=1S/C15H10ClN5OS/c1-23-15-18-14-17-8-9-11(21(14)19-15)6-7-20(13(9)22)12-5-3-2-4-10(12)16/h2-8H,1H3. The van der Waals surface area contributed by atoms with Crippen molar-refractivity contribution in [2.24, 2.45) is 0 Å². The third kappa shape index (κ3) is 2.20. The van der Waals surface area contributed by atoms with E-state index in [2.05, 4.69) is 15.1 Å². The van der Waals surface area contributed by atoms with Gasteiger partial charge in [0, 0.05) is 12.4 Å². The first-order valence-electron chi connectivity index (χ1n) is 6.75. The van der Waals surface area contributed by atoms with Crippen molar-refractivity contribution in [2.45, 2.75) is 5.16 Å². The van der Waals surface area contributed by atoms with Crippen LogP contribution in [-0.2, 0) is 0 Å². The van der Waals surface area contributed by atoms with Crippen LogP contribution in [0.15, 0.2) is 52.7 Å². The lowest BCUT2D eigenvalue weighted by atomic mass is 10.2. The quantitative estimate of drug-likeness (QED) is 0.524. The van der Waals surface area contributed by atoms with Crippen molar-refractivity contribution in [3.63, 3.8) is 0 Å². The zero-order chi connectivity index (χ0) is 16.0. The van der Waals surface area contributed by atoms with Crippen molar-refractivity contribution in [2.75, 3.05) is 6.26 Å². The van der Waals surface area contributed by atoms with Crippen LogP contribution in [0.1, 0.15) is 0 Å². The fraction of sp³-hybridized carbons (Fsp3) is 0.0667. The molecule has 0 aliphatic rings. The average molecular weight is 344 g/mol. The van der Waals surface area contributed by atoms with Crippen molar-refractivity contribution in [3.05, 3.63) is 58.1 Å². The summed E-state index contributed by atoms with van der Waals surface area (Å²) in [6, 6.07) is 9.01. The average Bonchev–Trinajstić information content (AvgIpc) is 3.00. The first kappa shape index (κ1) is 14.2. The predicted molar refractivity (Wildman–Crippen MR) is 90.7 cm³/mol. The summed E-state index contributed by atoms with van der Waals surface area (Å²) >= 11 is 7.62. The molecule has 0 amide bonds. The Labute approximate surface area is 139 Å². The Morgan fingerprint density at radius 3 is 2.83 bits per heavy atom. The highest BCUT2D eigenvalue weighted by atomic mass is 35.5. The Morgan fingerprint density at radius 1 is 1.22 bits per heavy atom. The van der Waals surface area contributed by atoms with Gasteiger partial charge < -0.3 is 0 Å². The number of hydrogen-bond donors (Lipinski definition) is 0. The molecule has 4 aromatic rings. The maximum atomic E-state index is 12.8. The number of thioether (sulfide) groups is 1. The number of hydrogen-bond acceptors (Lipinski definition) is 5. The molecule has 0 aliphatic carbocycles. The van der Waals surface area contributed by atoms with E-state index in [0.717, 1.165) is 0 Å². The van der Waals surface area contributed by atoms with E-state index in [-0.39, 0.29) is 5.56 Å². The molecular weight excluding hydrogens is 334 g/mol. The van der Waals surface area contributed by atoms with Crippen molar-refractivity contribution >= 4 is 40.0 Å². The zero-order valence-corrected chi connectivity index (χ0v) is 13.5. The summed E-state index contributed by atoms with van der Waals surface area (Å²) in [5.41, 5.74) is 1.09. The van der Waals surface area contributed by atoms with Gasteiger partial charge in [-0.25, -0.2) is 4.98 Å². The van der Waals surface area contributed by atoms with Crippen molar-refractivity contribution in [1.29, 1.82) is 0 Å². The minimum Gasteiger partial charge on any atom is -0.282 e. The van der Waals surface area contributed by atoms with Crippen LogP contribution in [-0.4, -0.2) is 30.4 Å². The van der Waals surface area contributed by atoms with Gasteiger partial charge >= 0.3 is 0 Å². The molecule has 1 aromatic carbocycles. The zero-order valence-electron chi connectivity index (χ0n) is 12.0. The van der Waals surface area contributed by atoms with Gasteiger partial charge in [-0.15, -0.1) is 5.10 Å².